The van der Waals surface area contributed by atoms with Crippen LogP contribution in [0.5, 0.6) is 0 Å². The first-order valence-electron chi connectivity index (χ1n) is 6.25. The average Bonchev–Trinajstić information content (AvgIpc) is 2.82. The summed E-state index contributed by atoms with van der Waals surface area (Å²) in [6.45, 7) is 2.81. The number of carboxylic acid groups (broad SMARTS) is 1. The van der Waals surface area contributed by atoms with Crippen molar-refractivity contribution in [2.45, 2.75) is 25.8 Å². The quantitative estimate of drug-likeness (QED) is 0.841. The van der Waals surface area contributed by atoms with Crippen LogP contribution >= 0.6 is 0 Å². The van der Waals surface area contributed by atoms with E-state index >= 15 is 0 Å². The fraction of sp³-hybridized carbons (Fsp3) is 0.357. The third-order valence-corrected chi connectivity index (χ3v) is 3.24. The van der Waals surface area contributed by atoms with E-state index in [0.29, 0.717) is 11.1 Å². The van der Waals surface area contributed by atoms with Crippen molar-refractivity contribution in [1.29, 1.82) is 0 Å². The third kappa shape index (κ3) is 3.19. The summed E-state index contributed by atoms with van der Waals surface area (Å²) in [5, 5.41) is 8.58. The number of hydrogen-bond donors (Lipinski definition) is 1. The Bertz CT molecular complexity index is 525. The monoisotopic (exact) mass is 260 g/mol. The fourth-order valence-electron chi connectivity index (χ4n) is 2.23. The Balaban J connectivity index is 2.18. The number of aliphatic carboxylic acids is 1. The van der Waals surface area contributed by atoms with Crippen LogP contribution in [0.15, 0.2) is 24.5 Å². The number of aromatic nitrogens is 1. The van der Waals surface area contributed by atoms with E-state index in [1.165, 1.54) is 18.5 Å². The second kappa shape index (κ2) is 5.65. The van der Waals surface area contributed by atoms with E-state index < -0.39 is 5.97 Å². The molecule has 0 aromatic carbocycles. The van der Waals surface area contributed by atoms with Crippen molar-refractivity contribution in [2.24, 2.45) is 0 Å². The lowest BCUT2D eigenvalue weighted by Crippen LogP contribution is -2.33. The van der Waals surface area contributed by atoms with E-state index in [-0.39, 0.29) is 11.9 Å². The van der Waals surface area contributed by atoms with Crippen molar-refractivity contribution in [1.82, 2.24) is 9.88 Å². The number of carbonyl (C=O) groups is 2. The first-order chi connectivity index (χ1) is 9.08. The highest BCUT2D eigenvalue weighted by Crippen LogP contribution is 2.19. The van der Waals surface area contributed by atoms with Gasteiger partial charge in [-0.2, -0.15) is 0 Å². The molecular formula is C14H16N2O3. The molecule has 1 aliphatic heterocycles. The van der Waals surface area contributed by atoms with Crippen LogP contribution in [0, 0.1) is 0 Å². The highest BCUT2D eigenvalue weighted by Gasteiger charge is 2.26. The number of carbonyl (C=O) groups excluding carboxylic acids is 1. The summed E-state index contributed by atoms with van der Waals surface area (Å²) in [4.78, 5) is 28.6. The van der Waals surface area contributed by atoms with Gasteiger partial charge in [-0.3, -0.25) is 9.78 Å². The van der Waals surface area contributed by atoms with Gasteiger partial charge in [-0.05, 0) is 37.5 Å². The second-order valence-electron chi connectivity index (χ2n) is 4.67. The smallest absolute Gasteiger partial charge is 0.328 e. The average molecular weight is 260 g/mol. The lowest BCUT2D eigenvalue weighted by atomic mass is 10.1. The first kappa shape index (κ1) is 13.3. The SMILES string of the molecule is CC1CCCN1C(=O)c1cncc(/C=C/C(=O)O)c1. The minimum atomic E-state index is -1.02. The maximum atomic E-state index is 12.3. The molecule has 0 radical (unpaired) electrons. The van der Waals surface area contributed by atoms with Gasteiger partial charge >= 0.3 is 5.97 Å². The molecule has 1 aliphatic rings. The van der Waals surface area contributed by atoms with Gasteiger partial charge in [0.2, 0.25) is 0 Å². The molecule has 1 amide bonds. The van der Waals surface area contributed by atoms with Crippen LogP contribution in [-0.4, -0.2) is 39.5 Å². The molecule has 5 heteroatoms. The molecule has 0 bridgehead atoms. The number of rotatable bonds is 3. The molecule has 1 atom stereocenters. The minimum absolute atomic E-state index is 0.0388. The predicted molar refractivity (Wildman–Crippen MR) is 70.6 cm³/mol. The summed E-state index contributed by atoms with van der Waals surface area (Å²) < 4.78 is 0. The fourth-order valence-corrected chi connectivity index (χ4v) is 2.23. The van der Waals surface area contributed by atoms with E-state index in [1.54, 1.807) is 6.07 Å². The van der Waals surface area contributed by atoms with Gasteiger partial charge in [0.1, 0.15) is 0 Å². The summed E-state index contributed by atoms with van der Waals surface area (Å²) in [6.07, 6.45) is 7.56. The first-order valence-corrected chi connectivity index (χ1v) is 6.25. The number of pyridine rings is 1. The lowest BCUT2D eigenvalue weighted by Gasteiger charge is -2.21. The van der Waals surface area contributed by atoms with Crippen LogP contribution in [0.1, 0.15) is 35.7 Å². The Morgan fingerprint density at radius 3 is 2.89 bits per heavy atom. The Morgan fingerprint density at radius 2 is 2.26 bits per heavy atom. The Hall–Kier alpha value is -2.17. The van der Waals surface area contributed by atoms with Gasteiger partial charge in [-0.25, -0.2) is 4.79 Å². The number of amides is 1. The van der Waals surface area contributed by atoms with Crippen LogP contribution in [0.4, 0.5) is 0 Å². The van der Waals surface area contributed by atoms with Gasteiger partial charge in [-0.15, -0.1) is 0 Å². The molecule has 1 N–H and O–H groups in total. The molecule has 2 rings (SSSR count). The molecule has 2 heterocycles. The summed E-state index contributed by atoms with van der Waals surface area (Å²) in [5.74, 6) is -1.06. The molecule has 0 aliphatic carbocycles. The standard InChI is InChI=1S/C14H16N2O3/c1-10-3-2-6-16(10)14(19)12-7-11(8-15-9-12)4-5-13(17)18/h4-5,7-10H,2-3,6H2,1H3,(H,17,18)/b5-4+. The highest BCUT2D eigenvalue weighted by atomic mass is 16.4. The predicted octanol–water partition coefficient (Wildman–Crippen LogP) is 1.80. The topological polar surface area (TPSA) is 70.5 Å². The zero-order chi connectivity index (χ0) is 13.8. The number of nitrogens with zero attached hydrogens (tertiary/aromatic N) is 2. The molecule has 1 unspecified atom stereocenters. The van der Waals surface area contributed by atoms with Gasteiger partial charge in [-0.1, -0.05) is 0 Å². The Kier molecular flexibility index (Phi) is 3.94. The van der Waals surface area contributed by atoms with Crippen LogP contribution in [0.25, 0.3) is 6.08 Å². The molecule has 1 saturated heterocycles. The molecule has 0 spiro atoms. The molecule has 0 saturated carbocycles. The maximum Gasteiger partial charge on any atom is 0.328 e. The van der Waals surface area contributed by atoms with E-state index in [4.69, 9.17) is 5.11 Å². The van der Waals surface area contributed by atoms with E-state index in [9.17, 15) is 9.59 Å². The van der Waals surface area contributed by atoms with E-state index in [2.05, 4.69) is 4.98 Å². The van der Waals surface area contributed by atoms with Crippen LogP contribution in [-0.2, 0) is 4.79 Å². The van der Waals surface area contributed by atoms with Crippen molar-refractivity contribution in [3.63, 3.8) is 0 Å². The highest BCUT2D eigenvalue weighted by molar-refractivity contribution is 5.95. The normalized spacial score (nSPS) is 19.0. The number of likely N-dealkylation sites (tertiary alicyclic amines) is 1. The van der Waals surface area contributed by atoms with Gasteiger partial charge in [0, 0.05) is 31.1 Å². The molecule has 100 valence electrons. The number of carboxylic acids is 1. The van der Waals surface area contributed by atoms with Crippen LogP contribution in [0.2, 0.25) is 0 Å². The molecule has 1 fully saturated rings. The summed E-state index contributed by atoms with van der Waals surface area (Å²) >= 11 is 0. The van der Waals surface area contributed by atoms with E-state index in [1.807, 2.05) is 11.8 Å². The molecule has 5 nitrogen and oxygen atoms in total. The van der Waals surface area contributed by atoms with Crippen molar-refractivity contribution < 1.29 is 14.7 Å². The van der Waals surface area contributed by atoms with Gasteiger partial charge in [0.05, 0.1) is 5.56 Å². The lowest BCUT2D eigenvalue weighted by molar-refractivity contribution is -0.131. The Labute approximate surface area is 111 Å². The zero-order valence-electron chi connectivity index (χ0n) is 10.7. The van der Waals surface area contributed by atoms with Gasteiger partial charge < -0.3 is 10.0 Å². The summed E-state index contributed by atoms with van der Waals surface area (Å²) in [5.41, 5.74) is 1.11. The largest absolute Gasteiger partial charge is 0.478 e. The molecule has 19 heavy (non-hydrogen) atoms. The van der Waals surface area contributed by atoms with Gasteiger partial charge in [0.15, 0.2) is 0 Å². The van der Waals surface area contributed by atoms with Crippen molar-refractivity contribution >= 4 is 18.0 Å². The van der Waals surface area contributed by atoms with E-state index in [0.717, 1.165) is 25.5 Å². The summed E-state index contributed by atoms with van der Waals surface area (Å²) in [6, 6.07) is 1.92. The second-order valence-corrected chi connectivity index (χ2v) is 4.67. The molecule has 1 aromatic heterocycles. The zero-order valence-corrected chi connectivity index (χ0v) is 10.7. The van der Waals surface area contributed by atoms with Crippen LogP contribution in [0.3, 0.4) is 0 Å². The van der Waals surface area contributed by atoms with Crippen molar-refractivity contribution in [3.05, 3.63) is 35.7 Å². The Morgan fingerprint density at radius 1 is 1.47 bits per heavy atom. The number of hydrogen-bond acceptors (Lipinski definition) is 3. The van der Waals surface area contributed by atoms with Crippen molar-refractivity contribution in [3.8, 4) is 0 Å². The van der Waals surface area contributed by atoms with Crippen molar-refractivity contribution in [2.75, 3.05) is 6.54 Å². The molecular weight excluding hydrogens is 244 g/mol. The summed E-state index contributed by atoms with van der Waals surface area (Å²) in [7, 11) is 0. The van der Waals surface area contributed by atoms with Crippen LogP contribution < -0.4 is 0 Å². The maximum absolute atomic E-state index is 12.3. The third-order valence-electron chi connectivity index (χ3n) is 3.24. The minimum Gasteiger partial charge on any atom is -0.478 e. The van der Waals surface area contributed by atoms with Gasteiger partial charge in [0.25, 0.3) is 5.91 Å². The molecule has 1 aromatic rings.